The van der Waals surface area contributed by atoms with Crippen LogP contribution in [0.15, 0.2) is 23.6 Å². The van der Waals surface area contributed by atoms with Gasteiger partial charge < -0.3 is 10.4 Å². The van der Waals surface area contributed by atoms with Crippen LogP contribution < -0.4 is 5.32 Å². The van der Waals surface area contributed by atoms with Gasteiger partial charge in [-0.2, -0.15) is 5.10 Å². The Kier molecular flexibility index (Phi) is 4.78. The third-order valence-electron chi connectivity index (χ3n) is 4.49. The Morgan fingerprint density at radius 3 is 2.69 bits per heavy atom. The number of nitrogens with zero attached hydrogens (tertiary/aromatic N) is 3. The monoisotopic (exact) mass is 372 g/mol. The maximum absolute atomic E-state index is 12.9. The predicted octanol–water partition coefficient (Wildman–Crippen LogP) is 2.84. The van der Waals surface area contributed by atoms with Gasteiger partial charge in [0, 0.05) is 13.1 Å². The van der Waals surface area contributed by atoms with Crippen molar-refractivity contribution in [3.05, 3.63) is 34.8 Å². The zero-order valence-corrected chi connectivity index (χ0v) is 15.8. The molecule has 7 nitrogen and oxygen atoms in total. The standard InChI is InChI=1S/C18H20N4O3S/c1-9(18(24)25)10(2)19-17(23)12-8-13(14-6-5-7-26-14)20-16-15(12)11(3)21-22(16)4/h5-10H,1-4H3,(H,19,23)(H,24,25). The molecule has 0 saturated heterocycles. The number of rotatable bonds is 5. The number of aryl methyl sites for hydroxylation is 2. The molecule has 1 amide bonds. The average molecular weight is 372 g/mol. The molecule has 26 heavy (non-hydrogen) atoms. The van der Waals surface area contributed by atoms with Gasteiger partial charge in [0.25, 0.3) is 5.91 Å². The molecular weight excluding hydrogens is 352 g/mol. The Bertz CT molecular complexity index is 978. The molecule has 3 rings (SSSR count). The van der Waals surface area contributed by atoms with E-state index in [0.717, 1.165) is 4.88 Å². The Labute approximate surface area is 154 Å². The number of nitrogens with one attached hydrogen (secondary N) is 1. The topological polar surface area (TPSA) is 97.1 Å². The number of aliphatic carboxylic acids is 1. The van der Waals surface area contributed by atoms with E-state index in [0.29, 0.717) is 28.0 Å². The Balaban J connectivity index is 2.09. The quantitative estimate of drug-likeness (QED) is 0.718. The largest absolute Gasteiger partial charge is 0.481 e. The third-order valence-corrected chi connectivity index (χ3v) is 5.38. The van der Waals surface area contributed by atoms with Gasteiger partial charge in [-0.05, 0) is 38.3 Å². The smallest absolute Gasteiger partial charge is 0.308 e. The zero-order chi connectivity index (χ0) is 19.0. The fraction of sp³-hybridized carbons (Fsp3) is 0.333. The van der Waals surface area contributed by atoms with E-state index in [9.17, 15) is 9.59 Å². The lowest BCUT2D eigenvalue weighted by Gasteiger charge is -2.18. The van der Waals surface area contributed by atoms with Gasteiger partial charge in [-0.15, -0.1) is 11.3 Å². The normalized spacial score (nSPS) is 13.5. The fourth-order valence-corrected chi connectivity index (χ4v) is 3.48. The van der Waals surface area contributed by atoms with Crippen LogP contribution in [0.3, 0.4) is 0 Å². The van der Waals surface area contributed by atoms with Crippen LogP contribution in [0, 0.1) is 12.8 Å². The molecule has 0 aliphatic carbocycles. The molecule has 0 fully saturated rings. The highest BCUT2D eigenvalue weighted by molar-refractivity contribution is 7.13. The Morgan fingerprint density at radius 1 is 1.35 bits per heavy atom. The minimum Gasteiger partial charge on any atom is -0.481 e. The summed E-state index contributed by atoms with van der Waals surface area (Å²) in [7, 11) is 1.79. The molecule has 0 aromatic carbocycles. The minimum absolute atomic E-state index is 0.327. The molecule has 0 spiro atoms. The highest BCUT2D eigenvalue weighted by atomic mass is 32.1. The van der Waals surface area contributed by atoms with E-state index in [2.05, 4.69) is 15.4 Å². The van der Waals surface area contributed by atoms with Crippen LogP contribution in [0.25, 0.3) is 21.6 Å². The van der Waals surface area contributed by atoms with Crippen LogP contribution >= 0.6 is 11.3 Å². The second-order valence-corrected chi connectivity index (χ2v) is 7.28. The molecule has 3 heterocycles. The molecule has 2 unspecified atom stereocenters. The summed E-state index contributed by atoms with van der Waals surface area (Å²) in [6, 6.07) is 5.11. The first kappa shape index (κ1) is 18.1. The number of amides is 1. The fourth-order valence-electron chi connectivity index (χ4n) is 2.80. The number of carboxylic acids is 1. The SMILES string of the molecule is Cc1nn(C)c2nc(-c3cccs3)cc(C(=O)NC(C)C(C)C(=O)O)c12. The molecule has 0 bridgehead atoms. The van der Waals surface area contributed by atoms with Crippen molar-refractivity contribution in [2.24, 2.45) is 13.0 Å². The highest BCUT2D eigenvalue weighted by Gasteiger charge is 2.24. The van der Waals surface area contributed by atoms with Crippen LogP contribution in [0.1, 0.15) is 29.9 Å². The van der Waals surface area contributed by atoms with Crippen molar-refractivity contribution < 1.29 is 14.7 Å². The van der Waals surface area contributed by atoms with E-state index < -0.39 is 17.9 Å². The van der Waals surface area contributed by atoms with Crippen LogP contribution in [-0.4, -0.2) is 37.8 Å². The summed E-state index contributed by atoms with van der Waals surface area (Å²) in [4.78, 5) is 29.7. The van der Waals surface area contributed by atoms with Crippen LogP contribution in [0.2, 0.25) is 0 Å². The number of fused-ring (bicyclic) bond motifs is 1. The van der Waals surface area contributed by atoms with Crippen LogP contribution in [0.5, 0.6) is 0 Å². The maximum Gasteiger partial charge on any atom is 0.308 e. The van der Waals surface area contributed by atoms with Gasteiger partial charge in [-0.25, -0.2) is 4.98 Å². The van der Waals surface area contributed by atoms with Crippen molar-refractivity contribution in [2.45, 2.75) is 26.8 Å². The van der Waals surface area contributed by atoms with Crippen molar-refractivity contribution in [2.75, 3.05) is 0 Å². The third kappa shape index (κ3) is 3.20. The molecule has 8 heteroatoms. The molecule has 0 aliphatic heterocycles. The molecule has 2 N–H and O–H groups in total. The first-order valence-corrected chi connectivity index (χ1v) is 9.09. The summed E-state index contributed by atoms with van der Waals surface area (Å²) < 4.78 is 1.65. The number of hydrogen-bond acceptors (Lipinski definition) is 5. The lowest BCUT2D eigenvalue weighted by Crippen LogP contribution is -2.40. The van der Waals surface area contributed by atoms with Crippen LogP contribution in [-0.2, 0) is 11.8 Å². The van der Waals surface area contributed by atoms with Gasteiger partial charge in [-0.3, -0.25) is 14.3 Å². The first-order chi connectivity index (χ1) is 12.3. The molecule has 136 valence electrons. The number of hydrogen-bond donors (Lipinski definition) is 2. The van der Waals surface area contributed by atoms with Crippen LogP contribution in [0.4, 0.5) is 0 Å². The molecule has 0 saturated carbocycles. The molecular formula is C18H20N4O3S. The number of pyridine rings is 1. The number of carbonyl (C=O) groups is 2. The first-order valence-electron chi connectivity index (χ1n) is 8.21. The van der Waals surface area contributed by atoms with Gasteiger partial charge in [0.2, 0.25) is 0 Å². The van der Waals surface area contributed by atoms with Gasteiger partial charge >= 0.3 is 5.97 Å². The number of aromatic nitrogens is 3. The lowest BCUT2D eigenvalue weighted by molar-refractivity contribution is -0.141. The summed E-state index contributed by atoms with van der Waals surface area (Å²) >= 11 is 1.54. The van der Waals surface area contributed by atoms with Crippen molar-refractivity contribution in [1.29, 1.82) is 0 Å². The van der Waals surface area contributed by atoms with E-state index in [1.807, 2.05) is 24.4 Å². The van der Waals surface area contributed by atoms with Crippen molar-refractivity contribution >= 4 is 34.2 Å². The molecule has 3 aromatic heterocycles. The average Bonchev–Trinajstić information content (AvgIpc) is 3.22. The van der Waals surface area contributed by atoms with Gasteiger partial charge in [0.1, 0.15) is 0 Å². The summed E-state index contributed by atoms with van der Waals surface area (Å²) in [5, 5.41) is 19.0. The van der Waals surface area contributed by atoms with Gasteiger partial charge in [0.05, 0.1) is 33.1 Å². The molecule has 0 aliphatic rings. The van der Waals surface area contributed by atoms with E-state index in [1.165, 1.54) is 11.3 Å². The molecule has 2 atom stereocenters. The summed E-state index contributed by atoms with van der Waals surface area (Å²) in [5.41, 5.74) is 2.47. The summed E-state index contributed by atoms with van der Waals surface area (Å²) in [5.74, 6) is -1.97. The van der Waals surface area contributed by atoms with Crippen molar-refractivity contribution in [3.63, 3.8) is 0 Å². The maximum atomic E-state index is 12.9. The van der Waals surface area contributed by atoms with Crippen molar-refractivity contribution in [3.8, 4) is 10.6 Å². The van der Waals surface area contributed by atoms with Crippen molar-refractivity contribution in [1.82, 2.24) is 20.1 Å². The molecule has 3 aromatic rings. The summed E-state index contributed by atoms with van der Waals surface area (Å²) in [6.45, 7) is 5.09. The second-order valence-electron chi connectivity index (χ2n) is 6.33. The van der Waals surface area contributed by atoms with E-state index >= 15 is 0 Å². The summed E-state index contributed by atoms with van der Waals surface area (Å²) in [6.07, 6.45) is 0. The van der Waals surface area contributed by atoms with Gasteiger partial charge in [-0.1, -0.05) is 6.07 Å². The predicted molar refractivity (Wildman–Crippen MR) is 100 cm³/mol. The zero-order valence-electron chi connectivity index (χ0n) is 15.0. The number of thiophene rings is 1. The Morgan fingerprint density at radius 2 is 2.08 bits per heavy atom. The molecule has 0 radical (unpaired) electrons. The Hall–Kier alpha value is -2.74. The second kappa shape index (κ2) is 6.87. The van der Waals surface area contributed by atoms with E-state index in [-0.39, 0.29) is 5.91 Å². The lowest BCUT2D eigenvalue weighted by atomic mass is 10.0. The van der Waals surface area contributed by atoms with E-state index in [1.54, 1.807) is 31.6 Å². The number of carbonyl (C=O) groups excluding carboxylic acids is 1. The van der Waals surface area contributed by atoms with Gasteiger partial charge in [0.15, 0.2) is 5.65 Å². The minimum atomic E-state index is -0.950. The highest BCUT2D eigenvalue weighted by Crippen LogP contribution is 2.29. The number of carboxylic acid groups (broad SMARTS) is 1. The van der Waals surface area contributed by atoms with E-state index in [4.69, 9.17) is 5.11 Å².